The molecule has 0 aromatic heterocycles. The van der Waals surface area contributed by atoms with E-state index >= 15 is 0 Å². The standard InChI is InChI=1S/C11H16N2O3/c1-2-12(8-5-9-14)10-6-3-4-7-11(10)13(15)16/h3-4,6-7,14H,2,5,8-9H2,1H3. The maximum atomic E-state index is 10.8. The molecular formula is C11H16N2O3. The molecule has 0 aliphatic heterocycles. The van der Waals surface area contributed by atoms with Gasteiger partial charge >= 0.3 is 0 Å². The van der Waals surface area contributed by atoms with Crippen LogP contribution in [-0.4, -0.2) is 29.7 Å². The molecule has 0 spiro atoms. The van der Waals surface area contributed by atoms with Gasteiger partial charge in [0.1, 0.15) is 5.69 Å². The molecule has 0 fully saturated rings. The molecule has 5 heteroatoms. The number of nitro benzene ring substituents is 1. The van der Waals surface area contributed by atoms with Crippen molar-refractivity contribution in [3.8, 4) is 0 Å². The van der Waals surface area contributed by atoms with E-state index in [4.69, 9.17) is 5.11 Å². The summed E-state index contributed by atoms with van der Waals surface area (Å²) in [6.45, 7) is 3.34. The molecule has 0 bridgehead atoms. The summed E-state index contributed by atoms with van der Waals surface area (Å²) in [5, 5.41) is 19.6. The van der Waals surface area contributed by atoms with Gasteiger partial charge in [0.15, 0.2) is 0 Å². The molecule has 1 aromatic carbocycles. The average molecular weight is 224 g/mol. The van der Waals surface area contributed by atoms with Gasteiger partial charge in [-0.1, -0.05) is 12.1 Å². The highest BCUT2D eigenvalue weighted by molar-refractivity contribution is 5.62. The van der Waals surface area contributed by atoms with Crippen LogP contribution in [0.25, 0.3) is 0 Å². The normalized spacial score (nSPS) is 10.1. The highest BCUT2D eigenvalue weighted by atomic mass is 16.6. The predicted molar refractivity (Wildman–Crippen MR) is 62.7 cm³/mol. The molecular weight excluding hydrogens is 208 g/mol. The second kappa shape index (κ2) is 6.07. The Bertz CT molecular complexity index is 355. The molecule has 16 heavy (non-hydrogen) atoms. The van der Waals surface area contributed by atoms with Crippen molar-refractivity contribution in [2.45, 2.75) is 13.3 Å². The second-order valence-corrected chi connectivity index (χ2v) is 3.40. The van der Waals surface area contributed by atoms with Crippen molar-refractivity contribution in [2.24, 2.45) is 0 Å². The van der Waals surface area contributed by atoms with E-state index in [9.17, 15) is 10.1 Å². The van der Waals surface area contributed by atoms with E-state index in [1.807, 2.05) is 11.8 Å². The van der Waals surface area contributed by atoms with Crippen molar-refractivity contribution in [3.63, 3.8) is 0 Å². The number of hydrogen-bond acceptors (Lipinski definition) is 4. The molecule has 0 saturated heterocycles. The first-order valence-corrected chi connectivity index (χ1v) is 5.30. The lowest BCUT2D eigenvalue weighted by Crippen LogP contribution is -2.25. The molecule has 0 amide bonds. The summed E-state index contributed by atoms with van der Waals surface area (Å²) in [6, 6.07) is 6.67. The lowest BCUT2D eigenvalue weighted by atomic mass is 10.2. The van der Waals surface area contributed by atoms with Crippen molar-refractivity contribution in [2.75, 3.05) is 24.6 Å². The molecule has 0 heterocycles. The number of nitro groups is 1. The van der Waals surface area contributed by atoms with Gasteiger partial charge in [-0.3, -0.25) is 10.1 Å². The topological polar surface area (TPSA) is 66.6 Å². The van der Waals surface area contributed by atoms with Crippen LogP contribution in [-0.2, 0) is 0 Å². The molecule has 0 atom stereocenters. The zero-order valence-corrected chi connectivity index (χ0v) is 9.30. The number of para-hydroxylation sites is 2. The summed E-state index contributed by atoms with van der Waals surface area (Å²) in [5.41, 5.74) is 0.728. The third kappa shape index (κ3) is 2.93. The third-order valence-electron chi connectivity index (χ3n) is 2.39. The Balaban J connectivity index is 2.94. The summed E-state index contributed by atoms with van der Waals surface area (Å²) < 4.78 is 0. The minimum atomic E-state index is -0.378. The Labute approximate surface area is 94.5 Å². The van der Waals surface area contributed by atoms with Gasteiger partial charge in [-0.15, -0.1) is 0 Å². The number of benzene rings is 1. The number of anilines is 1. The third-order valence-corrected chi connectivity index (χ3v) is 2.39. The van der Waals surface area contributed by atoms with Crippen LogP contribution < -0.4 is 4.90 Å². The zero-order chi connectivity index (χ0) is 12.0. The van der Waals surface area contributed by atoms with Crippen LogP contribution in [0.3, 0.4) is 0 Å². The van der Waals surface area contributed by atoms with Crippen LogP contribution in [0.15, 0.2) is 24.3 Å². The van der Waals surface area contributed by atoms with E-state index < -0.39 is 0 Å². The fourth-order valence-electron chi connectivity index (χ4n) is 1.60. The molecule has 5 nitrogen and oxygen atoms in total. The van der Waals surface area contributed by atoms with Crippen molar-refractivity contribution in [1.82, 2.24) is 0 Å². The summed E-state index contributed by atoms with van der Waals surface area (Å²) in [4.78, 5) is 12.4. The largest absolute Gasteiger partial charge is 0.396 e. The monoisotopic (exact) mass is 224 g/mol. The first-order valence-electron chi connectivity index (χ1n) is 5.30. The number of hydrogen-bond donors (Lipinski definition) is 1. The molecule has 0 unspecified atom stereocenters. The molecule has 0 aliphatic carbocycles. The van der Waals surface area contributed by atoms with Crippen LogP contribution in [0.5, 0.6) is 0 Å². The van der Waals surface area contributed by atoms with Crippen LogP contribution in [0.2, 0.25) is 0 Å². The fraction of sp³-hybridized carbons (Fsp3) is 0.455. The van der Waals surface area contributed by atoms with Crippen molar-refractivity contribution in [3.05, 3.63) is 34.4 Å². The lowest BCUT2D eigenvalue weighted by molar-refractivity contribution is -0.384. The quantitative estimate of drug-likeness (QED) is 0.591. The van der Waals surface area contributed by atoms with Crippen molar-refractivity contribution >= 4 is 11.4 Å². The van der Waals surface area contributed by atoms with E-state index in [-0.39, 0.29) is 17.2 Å². The molecule has 1 aromatic rings. The van der Waals surface area contributed by atoms with Gasteiger partial charge in [0, 0.05) is 25.8 Å². The van der Waals surface area contributed by atoms with Gasteiger partial charge in [-0.25, -0.2) is 0 Å². The van der Waals surface area contributed by atoms with Crippen LogP contribution in [0.4, 0.5) is 11.4 Å². The molecule has 88 valence electrons. The van der Waals surface area contributed by atoms with Crippen LogP contribution in [0.1, 0.15) is 13.3 Å². The van der Waals surface area contributed by atoms with Gasteiger partial charge in [0.05, 0.1) is 4.92 Å². The number of aliphatic hydroxyl groups is 1. The highest BCUT2D eigenvalue weighted by Gasteiger charge is 2.16. The van der Waals surface area contributed by atoms with Gasteiger partial charge < -0.3 is 10.0 Å². The summed E-state index contributed by atoms with van der Waals surface area (Å²) in [5.74, 6) is 0. The van der Waals surface area contributed by atoms with Gasteiger partial charge in [-0.2, -0.15) is 0 Å². The lowest BCUT2D eigenvalue weighted by Gasteiger charge is -2.22. The van der Waals surface area contributed by atoms with Crippen LogP contribution in [0, 0.1) is 10.1 Å². The maximum absolute atomic E-state index is 10.8. The van der Waals surface area contributed by atoms with E-state index in [1.54, 1.807) is 18.2 Å². The highest BCUT2D eigenvalue weighted by Crippen LogP contribution is 2.27. The Hall–Kier alpha value is -1.62. The van der Waals surface area contributed by atoms with Crippen molar-refractivity contribution in [1.29, 1.82) is 0 Å². The Morgan fingerprint density at radius 2 is 2.12 bits per heavy atom. The van der Waals surface area contributed by atoms with Gasteiger partial charge in [-0.05, 0) is 19.4 Å². The van der Waals surface area contributed by atoms with Gasteiger partial charge in [0.2, 0.25) is 0 Å². The zero-order valence-electron chi connectivity index (χ0n) is 9.30. The number of nitrogens with zero attached hydrogens (tertiary/aromatic N) is 2. The molecule has 1 N–H and O–H groups in total. The Morgan fingerprint density at radius 1 is 1.44 bits per heavy atom. The first kappa shape index (κ1) is 12.4. The molecule has 1 rings (SSSR count). The average Bonchev–Trinajstić information content (AvgIpc) is 2.30. The fourth-order valence-corrected chi connectivity index (χ4v) is 1.60. The maximum Gasteiger partial charge on any atom is 0.292 e. The Morgan fingerprint density at radius 3 is 2.69 bits per heavy atom. The smallest absolute Gasteiger partial charge is 0.292 e. The van der Waals surface area contributed by atoms with Crippen molar-refractivity contribution < 1.29 is 10.0 Å². The summed E-state index contributed by atoms with van der Waals surface area (Å²) in [6.07, 6.45) is 0.611. The molecule has 0 saturated carbocycles. The van der Waals surface area contributed by atoms with E-state index in [0.29, 0.717) is 25.2 Å². The molecule has 0 radical (unpaired) electrons. The second-order valence-electron chi connectivity index (χ2n) is 3.40. The minimum Gasteiger partial charge on any atom is -0.396 e. The predicted octanol–water partition coefficient (Wildman–Crippen LogP) is 1.80. The first-order chi connectivity index (χ1) is 7.70. The van der Waals surface area contributed by atoms with E-state index in [0.717, 1.165) is 0 Å². The minimum absolute atomic E-state index is 0.0944. The van der Waals surface area contributed by atoms with Gasteiger partial charge in [0.25, 0.3) is 5.69 Å². The number of aliphatic hydroxyl groups excluding tert-OH is 1. The van der Waals surface area contributed by atoms with E-state index in [2.05, 4.69) is 0 Å². The SMILES string of the molecule is CCN(CCCO)c1ccccc1[N+](=O)[O-]. The van der Waals surface area contributed by atoms with E-state index in [1.165, 1.54) is 6.07 Å². The molecule has 0 aliphatic rings. The summed E-state index contributed by atoms with van der Waals surface area (Å²) in [7, 11) is 0. The Kier molecular flexibility index (Phi) is 4.72. The van der Waals surface area contributed by atoms with Crippen LogP contribution >= 0.6 is 0 Å². The number of rotatable bonds is 6. The summed E-state index contributed by atoms with van der Waals surface area (Å²) >= 11 is 0.